The van der Waals surface area contributed by atoms with E-state index in [-0.39, 0.29) is 5.91 Å². The second-order valence-corrected chi connectivity index (χ2v) is 7.92. The topological polar surface area (TPSA) is 68.0 Å². The molecule has 146 valence electrons. The van der Waals surface area contributed by atoms with Gasteiger partial charge in [-0.1, -0.05) is 53.7 Å². The third-order valence-corrected chi connectivity index (χ3v) is 5.62. The summed E-state index contributed by atoms with van der Waals surface area (Å²) in [5.74, 6) is 0.454. The van der Waals surface area contributed by atoms with E-state index in [9.17, 15) is 4.79 Å². The summed E-state index contributed by atoms with van der Waals surface area (Å²) in [4.78, 5) is 17.6. The number of amides is 1. The lowest BCUT2D eigenvalue weighted by Gasteiger charge is -2.10. The number of hydrogen-bond donors (Lipinski definition) is 1. The molecule has 1 amide bonds. The van der Waals surface area contributed by atoms with Crippen LogP contribution in [0.2, 0.25) is 0 Å². The molecule has 5 nitrogen and oxygen atoms in total. The molecule has 0 aliphatic rings. The summed E-state index contributed by atoms with van der Waals surface area (Å²) in [6.45, 7) is 1.97. The largest absolute Gasteiger partial charge is 0.355 e. The molecule has 0 fully saturated rings. The number of nitrogens with zero attached hydrogens (tertiary/aromatic N) is 2. The van der Waals surface area contributed by atoms with Gasteiger partial charge in [-0.2, -0.15) is 0 Å². The number of thiazole rings is 1. The van der Waals surface area contributed by atoms with E-state index in [1.807, 2.05) is 73.0 Å². The highest BCUT2D eigenvalue weighted by Gasteiger charge is 2.16. The normalized spacial score (nSPS) is 11.0. The third kappa shape index (κ3) is 3.38. The second kappa shape index (κ2) is 7.57. The molecule has 0 saturated carbocycles. The molecule has 0 aliphatic heterocycles. The van der Waals surface area contributed by atoms with Crippen molar-refractivity contribution in [2.24, 2.45) is 0 Å². The maximum Gasteiger partial charge on any atom is 0.255 e. The van der Waals surface area contributed by atoms with Crippen LogP contribution in [0.25, 0.3) is 33.5 Å². The Hall–Kier alpha value is -3.77. The molecule has 0 radical (unpaired) electrons. The van der Waals surface area contributed by atoms with Crippen LogP contribution >= 0.6 is 11.3 Å². The highest BCUT2D eigenvalue weighted by molar-refractivity contribution is 7.09. The first-order valence-corrected chi connectivity index (χ1v) is 10.3. The minimum Gasteiger partial charge on any atom is -0.355 e. The van der Waals surface area contributed by atoms with Gasteiger partial charge in [0.2, 0.25) is 0 Å². The lowest BCUT2D eigenvalue weighted by Crippen LogP contribution is -2.12. The van der Waals surface area contributed by atoms with Crippen molar-refractivity contribution in [3.8, 4) is 22.6 Å². The van der Waals surface area contributed by atoms with Gasteiger partial charge in [-0.3, -0.25) is 4.79 Å². The van der Waals surface area contributed by atoms with Crippen LogP contribution in [0.15, 0.2) is 82.7 Å². The van der Waals surface area contributed by atoms with E-state index < -0.39 is 0 Å². The van der Waals surface area contributed by atoms with E-state index in [1.54, 1.807) is 23.5 Å². The number of hydrogen-bond acceptors (Lipinski definition) is 5. The van der Waals surface area contributed by atoms with Gasteiger partial charge < -0.3 is 9.84 Å². The molecule has 2 aromatic heterocycles. The van der Waals surface area contributed by atoms with E-state index in [1.165, 1.54) is 0 Å². The van der Waals surface area contributed by atoms with Crippen molar-refractivity contribution in [1.82, 2.24) is 10.1 Å². The molecule has 0 bridgehead atoms. The van der Waals surface area contributed by atoms with Gasteiger partial charge in [0, 0.05) is 22.1 Å². The summed E-state index contributed by atoms with van der Waals surface area (Å²) in [5, 5.41) is 10.9. The molecule has 3 aromatic carbocycles. The maximum atomic E-state index is 13.0. The van der Waals surface area contributed by atoms with Crippen LogP contribution in [-0.4, -0.2) is 16.0 Å². The van der Waals surface area contributed by atoms with Gasteiger partial charge in [0.1, 0.15) is 5.52 Å². The first-order valence-electron chi connectivity index (χ1n) is 9.47. The summed E-state index contributed by atoms with van der Waals surface area (Å²) in [6.07, 6.45) is 0. The Kier molecular flexibility index (Phi) is 4.61. The molecule has 2 heterocycles. The highest BCUT2D eigenvalue weighted by atomic mass is 32.1. The summed E-state index contributed by atoms with van der Waals surface area (Å²) in [6, 6.07) is 22.8. The number of rotatable bonds is 4. The number of carbonyl (C=O) groups excluding carboxylic acids is 1. The first-order chi connectivity index (χ1) is 14.7. The van der Waals surface area contributed by atoms with Crippen molar-refractivity contribution in [1.29, 1.82) is 0 Å². The minimum absolute atomic E-state index is 0.198. The third-order valence-electron chi connectivity index (χ3n) is 4.84. The summed E-state index contributed by atoms with van der Waals surface area (Å²) in [7, 11) is 0. The smallest absolute Gasteiger partial charge is 0.255 e. The molecule has 6 heteroatoms. The zero-order valence-corrected chi connectivity index (χ0v) is 16.9. The van der Waals surface area contributed by atoms with E-state index in [0.717, 1.165) is 32.9 Å². The van der Waals surface area contributed by atoms with Crippen molar-refractivity contribution < 1.29 is 9.32 Å². The first kappa shape index (κ1) is 18.3. The fourth-order valence-corrected chi connectivity index (χ4v) is 3.99. The monoisotopic (exact) mass is 411 g/mol. The summed E-state index contributed by atoms with van der Waals surface area (Å²) < 4.78 is 5.54. The van der Waals surface area contributed by atoms with Crippen molar-refractivity contribution in [3.63, 3.8) is 0 Å². The van der Waals surface area contributed by atoms with Crippen LogP contribution in [0.1, 0.15) is 15.4 Å². The van der Waals surface area contributed by atoms with Crippen LogP contribution in [0.4, 0.5) is 5.69 Å². The minimum atomic E-state index is -0.198. The Bertz CT molecular complexity index is 1360. The van der Waals surface area contributed by atoms with Crippen LogP contribution in [-0.2, 0) is 0 Å². The lowest BCUT2D eigenvalue weighted by atomic mass is 10.1. The molecule has 0 atom stereocenters. The fraction of sp³-hybridized carbons (Fsp3) is 0.0417. The highest BCUT2D eigenvalue weighted by Crippen LogP contribution is 2.31. The van der Waals surface area contributed by atoms with Gasteiger partial charge >= 0.3 is 0 Å². The Labute approximate surface area is 177 Å². The Morgan fingerprint density at radius 1 is 1.00 bits per heavy atom. The molecule has 30 heavy (non-hydrogen) atoms. The van der Waals surface area contributed by atoms with Gasteiger partial charge in [-0.25, -0.2) is 4.98 Å². The number of fused-ring (bicyclic) bond motifs is 1. The van der Waals surface area contributed by atoms with Crippen LogP contribution in [0.5, 0.6) is 0 Å². The fourth-order valence-electron chi connectivity index (χ4n) is 3.38. The maximum absolute atomic E-state index is 13.0. The number of aryl methyl sites for hydroxylation is 1. The van der Waals surface area contributed by atoms with E-state index in [0.29, 0.717) is 16.8 Å². The average molecular weight is 411 g/mol. The van der Waals surface area contributed by atoms with E-state index in [2.05, 4.69) is 15.5 Å². The standard InChI is InChI=1S/C24H17N3O2S/c1-15-25-22(14-30-15)18-9-5-6-10-20(18)26-24(28)17-11-12-21-19(13-17)23(29-27-21)16-7-3-2-4-8-16/h2-14H,1H3,(H,26,28). The Morgan fingerprint density at radius 3 is 2.60 bits per heavy atom. The van der Waals surface area contributed by atoms with Crippen molar-refractivity contribution in [2.45, 2.75) is 6.92 Å². The molecular formula is C24H17N3O2S. The molecule has 0 saturated heterocycles. The van der Waals surface area contributed by atoms with Crippen LogP contribution in [0.3, 0.4) is 0 Å². The van der Waals surface area contributed by atoms with Gasteiger partial charge in [-0.15, -0.1) is 11.3 Å². The second-order valence-electron chi connectivity index (χ2n) is 6.86. The van der Waals surface area contributed by atoms with Gasteiger partial charge in [0.05, 0.1) is 21.8 Å². The van der Waals surface area contributed by atoms with Crippen LogP contribution in [0, 0.1) is 6.92 Å². The lowest BCUT2D eigenvalue weighted by molar-refractivity contribution is 0.102. The van der Waals surface area contributed by atoms with Crippen molar-refractivity contribution in [3.05, 3.63) is 88.7 Å². The van der Waals surface area contributed by atoms with E-state index in [4.69, 9.17) is 4.52 Å². The Morgan fingerprint density at radius 2 is 1.80 bits per heavy atom. The molecular weight excluding hydrogens is 394 g/mol. The number of para-hydroxylation sites is 1. The zero-order chi connectivity index (χ0) is 20.5. The quantitative estimate of drug-likeness (QED) is 0.383. The molecule has 5 rings (SSSR count). The number of carbonyl (C=O) groups is 1. The predicted molar refractivity (Wildman–Crippen MR) is 120 cm³/mol. The predicted octanol–water partition coefficient (Wildman–Crippen LogP) is 6.18. The van der Waals surface area contributed by atoms with Crippen LogP contribution < -0.4 is 5.32 Å². The number of aromatic nitrogens is 2. The van der Waals surface area contributed by atoms with Crippen molar-refractivity contribution in [2.75, 3.05) is 5.32 Å². The molecule has 0 spiro atoms. The number of benzene rings is 3. The molecule has 0 aliphatic carbocycles. The zero-order valence-electron chi connectivity index (χ0n) is 16.1. The summed E-state index contributed by atoms with van der Waals surface area (Å²) in [5.41, 5.74) is 4.64. The van der Waals surface area contributed by atoms with Gasteiger partial charge in [0.15, 0.2) is 5.76 Å². The van der Waals surface area contributed by atoms with Crippen molar-refractivity contribution >= 4 is 33.8 Å². The summed E-state index contributed by atoms with van der Waals surface area (Å²) >= 11 is 1.58. The molecule has 0 unspecified atom stereocenters. The van der Waals surface area contributed by atoms with Gasteiger partial charge in [0.25, 0.3) is 5.91 Å². The van der Waals surface area contributed by atoms with E-state index >= 15 is 0 Å². The molecule has 5 aromatic rings. The van der Waals surface area contributed by atoms with Gasteiger partial charge in [-0.05, 0) is 31.2 Å². The average Bonchev–Trinajstić information content (AvgIpc) is 3.40. The molecule has 1 N–H and O–H groups in total. The Balaban J connectivity index is 1.49. The number of nitrogens with one attached hydrogen (secondary N) is 1. The SMILES string of the molecule is Cc1nc(-c2ccccc2NC(=O)c2ccc3noc(-c4ccccc4)c3c2)cs1. The number of anilines is 1.